The summed E-state index contributed by atoms with van der Waals surface area (Å²) >= 11 is 12.5. The first-order chi connectivity index (χ1) is 14.3. The summed E-state index contributed by atoms with van der Waals surface area (Å²) in [5.74, 6) is 0.670. The van der Waals surface area contributed by atoms with Gasteiger partial charge in [-0.3, -0.25) is 4.31 Å². The molecular weight excluding hydrogens is 445 g/mol. The van der Waals surface area contributed by atoms with Gasteiger partial charge >= 0.3 is 0 Å². The van der Waals surface area contributed by atoms with Crippen LogP contribution in [0.25, 0.3) is 0 Å². The molecule has 4 rings (SSSR count). The maximum absolute atomic E-state index is 13.6. The van der Waals surface area contributed by atoms with Crippen LogP contribution in [0.3, 0.4) is 0 Å². The Bertz CT molecular complexity index is 1050. The molecule has 2 heterocycles. The summed E-state index contributed by atoms with van der Waals surface area (Å²) in [6.45, 7) is 3.84. The highest BCUT2D eigenvalue weighted by atomic mass is 35.5. The third kappa shape index (κ3) is 3.96. The average Bonchev–Trinajstić information content (AvgIpc) is 2.73. The molecule has 0 bridgehead atoms. The molecule has 0 spiro atoms. The Kier molecular flexibility index (Phi) is 6.08. The molecule has 2 aliphatic rings. The molecule has 0 aromatic heterocycles. The van der Waals surface area contributed by atoms with Crippen LogP contribution in [0.2, 0.25) is 10.0 Å². The summed E-state index contributed by atoms with van der Waals surface area (Å²) in [6.07, 6.45) is 1.43. The van der Waals surface area contributed by atoms with Crippen molar-refractivity contribution in [3.63, 3.8) is 0 Å². The number of likely N-dealkylation sites (N-methyl/N-ethyl adjacent to an activating group) is 1. The van der Waals surface area contributed by atoms with Crippen LogP contribution in [0.5, 0.6) is 5.75 Å². The number of rotatable bonds is 4. The first-order valence-electron chi connectivity index (χ1n) is 9.93. The largest absolute Gasteiger partial charge is 0.495 e. The molecule has 0 aliphatic carbocycles. The van der Waals surface area contributed by atoms with E-state index in [1.807, 2.05) is 0 Å². The van der Waals surface area contributed by atoms with Gasteiger partial charge in [0.05, 0.1) is 23.4 Å². The molecule has 9 heteroatoms. The third-order valence-electron chi connectivity index (χ3n) is 5.78. The lowest BCUT2D eigenvalue weighted by Crippen LogP contribution is -2.44. The topological polar surface area (TPSA) is 53.1 Å². The van der Waals surface area contributed by atoms with Gasteiger partial charge in [-0.25, -0.2) is 8.42 Å². The van der Waals surface area contributed by atoms with Crippen molar-refractivity contribution in [2.24, 2.45) is 0 Å². The number of piperazine rings is 1. The lowest BCUT2D eigenvalue weighted by Gasteiger charge is -2.35. The molecule has 1 saturated heterocycles. The van der Waals surface area contributed by atoms with Crippen LogP contribution in [0.1, 0.15) is 12.0 Å². The second-order valence-electron chi connectivity index (χ2n) is 7.69. The SMILES string of the molecule is COc1ccc(S(=O)(=O)N2CCCc3c(Cl)cc(Cl)cc32)cc1N1CCN(C)CC1. The fourth-order valence-electron chi connectivity index (χ4n) is 4.08. The van der Waals surface area contributed by atoms with Crippen molar-refractivity contribution in [1.29, 1.82) is 0 Å². The van der Waals surface area contributed by atoms with Crippen molar-refractivity contribution in [2.45, 2.75) is 17.7 Å². The molecule has 0 amide bonds. The van der Waals surface area contributed by atoms with Crippen molar-refractivity contribution in [3.05, 3.63) is 45.9 Å². The van der Waals surface area contributed by atoms with Crippen LogP contribution in [-0.2, 0) is 16.4 Å². The number of ether oxygens (including phenoxy) is 1. The fraction of sp³-hybridized carbons (Fsp3) is 0.429. The monoisotopic (exact) mass is 469 g/mol. The van der Waals surface area contributed by atoms with E-state index in [1.165, 1.54) is 4.31 Å². The first-order valence-corrected chi connectivity index (χ1v) is 12.1. The van der Waals surface area contributed by atoms with Crippen molar-refractivity contribution in [3.8, 4) is 5.75 Å². The Morgan fingerprint density at radius 3 is 2.40 bits per heavy atom. The van der Waals surface area contributed by atoms with E-state index in [0.29, 0.717) is 34.4 Å². The molecule has 2 aromatic carbocycles. The second-order valence-corrected chi connectivity index (χ2v) is 10.4. The van der Waals surface area contributed by atoms with E-state index in [9.17, 15) is 8.42 Å². The van der Waals surface area contributed by atoms with E-state index in [4.69, 9.17) is 27.9 Å². The summed E-state index contributed by atoms with van der Waals surface area (Å²) < 4.78 is 34.2. The van der Waals surface area contributed by atoms with Gasteiger partial charge in [0.2, 0.25) is 0 Å². The molecule has 162 valence electrons. The van der Waals surface area contributed by atoms with Crippen LogP contribution in [-0.4, -0.2) is 60.2 Å². The minimum atomic E-state index is -3.78. The Morgan fingerprint density at radius 2 is 1.70 bits per heavy atom. The molecule has 30 heavy (non-hydrogen) atoms. The molecule has 0 N–H and O–H groups in total. The molecule has 0 atom stereocenters. The summed E-state index contributed by atoms with van der Waals surface area (Å²) in [6, 6.07) is 8.41. The Hall–Kier alpha value is -1.67. The molecule has 0 unspecified atom stereocenters. The van der Waals surface area contributed by atoms with Gasteiger partial charge in [0.1, 0.15) is 5.75 Å². The second kappa shape index (κ2) is 8.46. The van der Waals surface area contributed by atoms with Gasteiger partial charge in [-0.2, -0.15) is 0 Å². The zero-order valence-electron chi connectivity index (χ0n) is 17.1. The van der Waals surface area contributed by atoms with Gasteiger partial charge in [-0.05, 0) is 55.8 Å². The number of halogens is 2. The van der Waals surface area contributed by atoms with E-state index in [1.54, 1.807) is 37.4 Å². The van der Waals surface area contributed by atoms with Crippen molar-refractivity contribution < 1.29 is 13.2 Å². The van der Waals surface area contributed by atoms with E-state index in [-0.39, 0.29) is 4.90 Å². The summed E-state index contributed by atoms with van der Waals surface area (Å²) in [5, 5.41) is 0.930. The van der Waals surface area contributed by atoms with Crippen LogP contribution < -0.4 is 13.9 Å². The minimum Gasteiger partial charge on any atom is -0.495 e. The quantitative estimate of drug-likeness (QED) is 0.679. The van der Waals surface area contributed by atoms with E-state index in [0.717, 1.165) is 43.9 Å². The van der Waals surface area contributed by atoms with E-state index in [2.05, 4.69) is 16.8 Å². The minimum absolute atomic E-state index is 0.237. The predicted octanol–water partition coefficient (Wildman–Crippen LogP) is 3.90. The molecule has 2 aliphatic heterocycles. The normalized spacial score (nSPS) is 17.7. The van der Waals surface area contributed by atoms with E-state index < -0.39 is 10.0 Å². The number of hydrogen-bond donors (Lipinski definition) is 0. The number of anilines is 2. The molecule has 0 radical (unpaired) electrons. The summed E-state index contributed by atoms with van der Waals surface area (Å²) in [5.41, 5.74) is 2.19. The summed E-state index contributed by atoms with van der Waals surface area (Å²) in [7, 11) is -0.0945. The maximum atomic E-state index is 13.6. The molecule has 0 saturated carbocycles. The number of benzene rings is 2. The van der Waals surface area contributed by atoms with Crippen LogP contribution >= 0.6 is 23.2 Å². The zero-order valence-corrected chi connectivity index (χ0v) is 19.4. The highest BCUT2D eigenvalue weighted by Crippen LogP contribution is 2.40. The van der Waals surface area contributed by atoms with Gasteiger partial charge in [-0.1, -0.05) is 23.2 Å². The van der Waals surface area contributed by atoms with Crippen molar-refractivity contribution in [2.75, 3.05) is 56.1 Å². The lowest BCUT2D eigenvalue weighted by molar-refractivity contribution is 0.311. The standard InChI is InChI=1S/C21H25Cl2N3O3S/c1-24-8-10-25(11-9-24)20-14-16(5-6-21(20)29-2)30(27,28)26-7-3-4-17-18(23)12-15(22)13-19(17)26/h5-6,12-14H,3-4,7-11H2,1-2H3. The predicted molar refractivity (Wildman–Crippen MR) is 122 cm³/mol. The number of methoxy groups -OCH3 is 1. The van der Waals surface area contributed by atoms with Gasteiger partial charge in [0.25, 0.3) is 10.0 Å². The fourth-order valence-corrected chi connectivity index (χ4v) is 6.20. The Labute approximate surface area is 188 Å². The molecular formula is C21H25Cl2N3O3S. The van der Waals surface area contributed by atoms with Crippen molar-refractivity contribution >= 4 is 44.6 Å². The number of fused-ring (bicyclic) bond motifs is 1. The smallest absolute Gasteiger partial charge is 0.264 e. The van der Waals surface area contributed by atoms with Gasteiger partial charge in [0, 0.05) is 42.8 Å². The maximum Gasteiger partial charge on any atom is 0.264 e. The van der Waals surface area contributed by atoms with Crippen molar-refractivity contribution in [1.82, 2.24) is 4.90 Å². The van der Waals surface area contributed by atoms with Gasteiger partial charge in [-0.15, -0.1) is 0 Å². The number of nitrogens with zero attached hydrogens (tertiary/aromatic N) is 3. The van der Waals surface area contributed by atoms with Gasteiger partial charge < -0.3 is 14.5 Å². The number of hydrogen-bond acceptors (Lipinski definition) is 5. The zero-order chi connectivity index (χ0) is 21.5. The lowest BCUT2D eigenvalue weighted by atomic mass is 10.0. The first kappa shape index (κ1) is 21.6. The van der Waals surface area contributed by atoms with Crippen LogP contribution in [0, 0.1) is 0 Å². The molecule has 6 nitrogen and oxygen atoms in total. The molecule has 2 aromatic rings. The Balaban J connectivity index is 1.75. The van der Waals surface area contributed by atoms with Crippen LogP contribution in [0.15, 0.2) is 35.2 Å². The number of sulfonamides is 1. The van der Waals surface area contributed by atoms with Crippen LogP contribution in [0.4, 0.5) is 11.4 Å². The van der Waals surface area contributed by atoms with Gasteiger partial charge in [0.15, 0.2) is 0 Å². The average molecular weight is 470 g/mol. The van der Waals surface area contributed by atoms with E-state index >= 15 is 0 Å². The summed E-state index contributed by atoms with van der Waals surface area (Å²) in [4.78, 5) is 4.67. The Morgan fingerprint density at radius 1 is 0.967 bits per heavy atom. The molecule has 1 fully saturated rings. The highest BCUT2D eigenvalue weighted by molar-refractivity contribution is 7.92. The third-order valence-corrected chi connectivity index (χ3v) is 8.14. The highest BCUT2D eigenvalue weighted by Gasteiger charge is 2.31.